The zero-order valence-electron chi connectivity index (χ0n) is 11.6. The molecule has 1 amide bonds. The van der Waals surface area contributed by atoms with Gasteiger partial charge in [0.05, 0.1) is 5.92 Å². The van der Waals surface area contributed by atoms with E-state index >= 15 is 0 Å². The molecule has 21 heavy (non-hydrogen) atoms. The van der Waals surface area contributed by atoms with Crippen molar-refractivity contribution in [3.05, 3.63) is 12.2 Å². The molecular weight excluding hydrogens is 285 g/mol. The molecule has 0 aliphatic heterocycles. The van der Waals surface area contributed by atoms with Gasteiger partial charge in [0.2, 0.25) is 5.91 Å². The fourth-order valence-corrected chi connectivity index (χ4v) is 2.69. The Bertz CT molecular complexity index is 447. The maximum Gasteiger partial charge on any atom is 0.391 e. The topological polar surface area (TPSA) is 70.7 Å². The van der Waals surface area contributed by atoms with Crippen LogP contribution in [-0.4, -0.2) is 33.8 Å². The molecule has 2 rings (SSSR count). The van der Waals surface area contributed by atoms with Gasteiger partial charge in [-0.3, -0.25) is 9.89 Å². The van der Waals surface area contributed by atoms with Gasteiger partial charge in [-0.25, -0.2) is 4.98 Å². The van der Waals surface area contributed by atoms with Crippen LogP contribution >= 0.6 is 0 Å². The van der Waals surface area contributed by atoms with E-state index in [-0.39, 0.29) is 18.7 Å². The highest BCUT2D eigenvalue weighted by molar-refractivity contribution is 5.78. The molecule has 1 aliphatic carbocycles. The van der Waals surface area contributed by atoms with E-state index in [1.54, 1.807) is 0 Å². The van der Waals surface area contributed by atoms with Crippen molar-refractivity contribution in [1.29, 1.82) is 0 Å². The fraction of sp³-hybridized carbons (Fsp3) is 0.769. The average Bonchev–Trinajstić information content (AvgIpc) is 2.96. The predicted molar refractivity (Wildman–Crippen MR) is 69.2 cm³/mol. The largest absolute Gasteiger partial charge is 0.391 e. The van der Waals surface area contributed by atoms with Crippen LogP contribution in [0.2, 0.25) is 0 Å². The third-order valence-electron chi connectivity index (χ3n) is 3.86. The molecule has 2 unspecified atom stereocenters. The minimum atomic E-state index is -4.19. The Labute approximate surface area is 120 Å². The lowest BCUT2D eigenvalue weighted by Crippen LogP contribution is -2.37. The number of aromatic nitrogens is 3. The molecule has 118 valence electrons. The van der Waals surface area contributed by atoms with Crippen molar-refractivity contribution in [2.24, 2.45) is 11.8 Å². The molecule has 1 aromatic heterocycles. The Morgan fingerprint density at radius 3 is 2.90 bits per heavy atom. The summed E-state index contributed by atoms with van der Waals surface area (Å²) in [5.41, 5.74) is 0. The summed E-state index contributed by atoms with van der Waals surface area (Å²) in [4.78, 5) is 15.9. The van der Waals surface area contributed by atoms with Gasteiger partial charge in [0.25, 0.3) is 0 Å². The molecule has 5 nitrogen and oxygen atoms in total. The molecule has 0 spiro atoms. The fourth-order valence-electron chi connectivity index (χ4n) is 2.69. The number of hydrogen-bond donors (Lipinski definition) is 2. The molecule has 1 fully saturated rings. The van der Waals surface area contributed by atoms with Crippen molar-refractivity contribution < 1.29 is 18.0 Å². The van der Waals surface area contributed by atoms with Crippen LogP contribution in [0.25, 0.3) is 0 Å². The van der Waals surface area contributed by atoms with Crippen LogP contribution in [0.4, 0.5) is 13.2 Å². The van der Waals surface area contributed by atoms with E-state index in [0.717, 1.165) is 5.82 Å². The number of aryl methyl sites for hydroxylation is 1. The van der Waals surface area contributed by atoms with Crippen LogP contribution in [-0.2, 0) is 11.2 Å². The van der Waals surface area contributed by atoms with Gasteiger partial charge in [-0.05, 0) is 25.7 Å². The molecule has 1 aromatic rings. The number of carbonyl (C=O) groups excluding carboxylic acids is 1. The summed E-state index contributed by atoms with van der Waals surface area (Å²) in [6, 6.07) is 0. The summed E-state index contributed by atoms with van der Waals surface area (Å²) >= 11 is 0. The smallest absolute Gasteiger partial charge is 0.356 e. The van der Waals surface area contributed by atoms with Crippen molar-refractivity contribution in [3.8, 4) is 0 Å². The summed E-state index contributed by atoms with van der Waals surface area (Å²) in [7, 11) is 0. The van der Waals surface area contributed by atoms with Gasteiger partial charge in [0.15, 0.2) is 0 Å². The van der Waals surface area contributed by atoms with E-state index in [0.29, 0.717) is 32.2 Å². The third kappa shape index (κ3) is 4.71. The number of nitrogens with one attached hydrogen (secondary N) is 2. The van der Waals surface area contributed by atoms with Crippen molar-refractivity contribution in [3.63, 3.8) is 0 Å². The molecule has 1 aliphatic rings. The maximum atomic E-state index is 12.7. The van der Waals surface area contributed by atoms with Crippen LogP contribution < -0.4 is 5.32 Å². The minimum Gasteiger partial charge on any atom is -0.356 e. The average molecular weight is 304 g/mol. The highest BCUT2D eigenvalue weighted by Crippen LogP contribution is 2.39. The quantitative estimate of drug-likeness (QED) is 0.819. The summed E-state index contributed by atoms with van der Waals surface area (Å²) in [5, 5.41) is 9.14. The van der Waals surface area contributed by atoms with E-state index in [9.17, 15) is 18.0 Å². The number of alkyl halides is 3. The van der Waals surface area contributed by atoms with Gasteiger partial charge >= 0.3 is 6.18 Å². The van der Waals surface area contributed by atoms with Crippen LogP contribution in [0.1, 0.15) is 37.9 Å². The van der Waals surface area contributed by atoms with Gasteiger partial charge in [0, 0.05) is 18.9 Å². The Morgan fingerprint density at radius 2 is 2.24 bits per heavy atom. The van der Waals surface area contributed by atoms with E-state index in [2.05, 4.69) is 20.5 Å². The van der Waals surface area contributed by atoms with Crippen LogP contribution in [0.15, 0.2) is 6.33 Å². The van der Waals surface area contributed by atoms with Gasteiger partial charge in [-0.15, -0.1) is 0 Å². The number of halogens is 3. The number of hydrogen-bond acceptors (Lipinski definition) is 3. The molecule has 8 heteroatoms. The predicted octanol–water partition coefficient (Wildman–Crippen LogP) is 2.22. The number of H-pyrrole nitrogens is 1. The standard InChI is InChI=1S/C13H19F3N4O/c14-13(15,16)10-4-1-3-9(7-10)12(21)17-6-2-5-11-18-8-19-20-11/h8-10H,1-7H2,(H,17,21)(H,18,19,20). The first-order chi connectivity index (χ1) is 9.97. The molecule has 0 saturated heterocycles. The lowest BCUT2D eigenvalue weighted by atomic mass is 9.80. The second kappa shape index (κ2) is 6.91. The molecule has 0 radical (unpaired) electrons. The zero-order valence-corrected chi connectivity index (χ0v) is 11.6. The first-order valence-electron chi connectivity index (χ1n) is 7.15. The van der Waals surface area contributed by atoms with Gasteiger partial charge in [0.1, 0.15) is 12.2 Å². The Morgan fingerprint density at radius 1 is 1.43 bits per heavy atom. The first-order valence-corrected chi connectivity index (χ1v) is 7.15. The summed E-state index contributed by atoms with van der Waals surface area (Å²) in [6.45, 7) is 0.437. The van der Waals surface area contributed by atoms with Crippen LogP contribution in [0, 0.1) is 11.8 Å². The Hall–Kier alpha value is -1.60. The van der Waals surface area contributed by atoms with E-state index < -0.39 is 18.0 Å². The third-order valence-corrected chi connectivity index (χ3v) is 3.86. The van der Waals surface area contributed by atoms with Gasteiger partial charge in [-0.1, -0.05) is 6.42 Å². The lowest BCUT2D eigenvalue weighted by Gasteiger charge is -2.29. The van der Waals surface area contributed by atoms with Crippen molar-refractivity contribution >= 4 is 5.91 Å². The number of carbonyl (C=O) groups is 1. The minimum absolute atomic E-state index is 0.0859. The molecule has 1 saturated carbocycles. The number of nitrogens with zero attached hydrogens (tertiary/aromatic N) is 2. The second-order valence-corrected chi connectivity index (χ2v) is 5.43. The monoisotopic (exact) mass is 304 g/mol. The maximum absolute atomic E-state index is 12.7. The van der Waals surface area contributed by atoms with Crippen molar-refractivity contribution in [2.75, 3.05) is 6.54 Å². The molecule has 1 heterocycles. The van der Waals surface area contributed by atoms with Crippen molar-refractivity contribution in [1.82, 2.24) is 20.5 Å². The number of aromatic amines is 1. The zero-order chi connectivity index (χ0) is 15.3. The molecule has 2 N–H and O–H groups in total. The van der Waals surface area contributed by atoms with Crippen LogP contribution in [0.5, 0.6) is 0 Å². The molecular formula is C13H19F3N4O. The normalized spacial score (nSPS) is 23.0. The van der Waals surface area contributed by atoms with E-state index in [1.807, 2.05) is 0 Å². The van der Waals surface area contributed by atoms with Gasteiger partial charge in [-0.2, -0.15) is 18.3 Å². The van der Waals surface area contributed by atoms with E-state index in [1.165, 1.54) is 6.33 Å². The lowest BCUT2D eigenvalue weighted by molar-refractivity contribution is -0.186. The Kier molecular flexibility index (Phi) is 5.19. The number of rotatable bonds is 5. The summed E-state index contributed by atoms with van der Waals surface area (Å²) in [5.74, 6) is -1.38. The van der Waals surface area contributed by atoms with Crippen molar-refractivity contribution in [2.45, 2.75) is 44.7 Å². The first kappa shape index (κ1) is 15.8. The van der Waals surface area contributed by atoms with E-state index in [4.69, 9.17) is 0 Å². The van der Waals surface area contributed by atoms with Crippen LogP contribution in [0.3, 0.4) is 0 Å². The highest BCUT2D eigenvalue weighted by atomic mass is 19.4. The molecule has 0 aromatic carbocycles. The Balaban J connectivity index is 1.70. The SMILES string of the molecule is O=C(NCCCc1ncn[nH]1)C1CCCC(C(F)(F)F)C1. The second-order valence-electron chi connectivity index (χ2n) is 5.43. The molecule has 0 bridgehead atoms. The summed E-state index contributed by atoms with van der Waals surface area (Å²) < 4.78 is 38.1. The number of amides is 1. The summed E-state index contributed by atoms with van der Waals surface area (Å²) in [6.07, 6.45) is -0.401. The van der Waals surface area contributed by atoms with Gasteiger partial charge < -0.3 is 5.32 Å². The molecule has 2 atom stereocenters. The highest BCUT2D eigenvalue weighted by Gasteiger charge is 2.43.